The smallest absolute Gasteiger partial charge is 0.224 e. The van der Waals surface area contributed by atoms with Gasteiger partial charge in [0.25, 0.3) is 0 Å². The Morgan fingerprint density at radius 2 is 2.24 bits per heavy atom. The number of aromatic nitrogens is 2. The number of aryl methyl sites for hydroxylation is 2. The summed E-state index contributed by atoms with van der Waals surface area (Å²) in [4.78, 5) is 13.7. The summed E-state index contributed by atoms with van der Waals surface area (Å²) in [6, 6.07) is -0.118. The van der Waals surface area contributed by atoms with Crippen LogP contribution in [0.25, 0.3) is 0 Å². The molecule has 0 radical (unpaired) electrons. The predicted molar refractivity (Wildman–Crippen MR) is 65.3 cm³/mol. The van der Waals surface area contributed by atoms with Crippen LogP contribution in [0.5, 0.6) is 0 Å². The van der Waals surface area contributed by atoms with Gasteiger partial charge in [0.05, 0.1) is 11.7 Å². The molecule has 1 saturated heterocycles. The van der Waals surface area contributed by atoms with Crippen LogP contribution in [0, 0.1) is 0 Å². The molecular formula is C12H20N4O. The third-order valence-electron chi connectivity index (χ3n) is 3.40. The molecular weight excluding hydrogens is 216 g/mol. The summed E-state index contributed by atoms with van der Waals surface area (Å²) >= 11 is 0. The van der Waals surface area contributed by atoms with Crippen LogP contribution in [0.2, 0.25) is 0 Å². The molecule has 0 bridgehead atoms. The maximum Gasteiger partial charge on any atom is 0.224 e. The van der Waals surface area contributed by atoms with E-state index in [4.69, 9.17) is 5.73 Å². The first-order valence-corrected chi connectivity index (χ1v) is 6.15. The van der Waals surface area contributed by atoms with Crippen LogP contribution in [-0.2, 0) is 18.3 Å². The number of carbonyl (C=O) groups is 1. The lowest BCUT2D eigenvalue weighted by Gasteiger charge is -2.25. The third-order valence-corrected chi connectivity index (χ3v) is 3.40. The minimum absolute atomic E-state index is 0.00356. The zero-order valence-corrected chi connectivity index (χ0v) is 10.7. The van der Waals surface area contributed by atoms with Gasteiger partial charge in [0.1, 0.15) is 0 Å². The second-order valence-electron chi connectivity index (χ2n) is 4.55. The molecule has 2 atom stereocenters. The summed E-state index contributed by atoms with van der Waals surface area (Å²) in [5.74, 6) is 0.149. The average Bonchev–Trinajstić information content (AvgIpc) is 2.78. The molecule has 2 N–H and O–H groups in total. The zero-order chi connectivity index (χ0) is 12.6. The van der Waals surface area contributed by atoms with E-state index in [0.29, 0.717) is 13.0 Å². The van der Waals surface area contributed by atoms with E-state index >= 15 is 0 Å². The molecule has 1 aliphatic rings. The van der Waals surface area contributed by atoms with E-state index < -0.39 is 0 Å². The lowest BCUT2D eigenvalue weighted by atomic mass is 10.0. The van der Waals surface area contributed by atoms with Crippen molar-refractivity contribution in [3.63, 3.8) is 0 Å². The first-order chi connectivity index (χ1) is 8.08. The van der Waals surface area contributed by atoms with Gasteiger partial charge >= 0.3 is 0 Å². The van der Waals surface area contributed by atoms with Gasteiger partial charge in [0.2, 0.25) is 5.91 Å². The standard InChI is InChI=1S/C12H20N4O/c1-4-10-8(7-15(3)14-10)12-9(13)6-11(17)16(12)5-2/h7,9,12H,4-6,13H2,1-3H3. The average molecular weight is 236 g/mol. The van der Waals surface area contributed by atoms with Crippen molar-refractivity contribution >= 4 is 5.91 Å². The van der Waals surface area contributed by atoms with E-state index in [1.54, 1.807) is 4.68 Å². The van der Waals surface area contributed by atoms with Gasteiger partial charge in [-0.3, -0.25) is 9.48 Å². The second kappa shape index (κ2) is 4.49. The number of amides is 1. The summed E-state index contributed by atoms with van der Waals surface area (Å²) < 4.78 is 1.80. The zero-order valence-electron chi connectivity index (χ0n) is 10.7. The van der Waals surface area contributed by atoms with Crippen molar-refractivity contribution in [3.05, 3.63) is 17.5 Å². The van der Waals surface area contributed by atoms with Crippen LogP contribution >= 0.6 is 0 Å². The summed E-state index contributed by atoms with van der Waals surface area (Å²) in [6.45, 7) is 4.77. The second-order valence-corrected chi connectivity index (χ2v) is 4.55. The van der Waals surface area contributed by atoms with Crippen molar-refractivity contribution in [3.8, 4) is 0 Å². The summed E-state index contributed by atoms with van der Waals surface area (Å²) in [6.07, 6.45) is 3.30. The van der Waals surface area contributed by atoms with Gasteiger partial charge in [-0.15, -0.1) is 0 Å². The molecule has 1 fully saturated rings. The van der Waals surface area contributed by atoms with Crippen LogP contribution in [0.3, 0.4) is 0 Å². The van der Waals surface area contributed by atoms with Crippen molar-refractivity contribution in [2.75, 3.05) is 6.54 Å². The predicted octanol–water partition coefficient (Wildman–Crippen LogP) is 0.603. The van der Waals surface area contributed by atoms with Gasteiger partial charge in [-0.05, 0) is 13.3 Å². The molecule has 1 aromatic rings. The van der Waals surface area contributed by atoms with Crippen LogP contribution in [0.4, 0.5) is 0 Å². The van der Waals surface area contributed by atoms with E-state index in [-0.39, 0.29) is 18.0 Å². The lowest BCUT2D eigenvalue weighted by molar-refractivity contribution is -0.128. The Hall–Kier alpha value is -1.36. The Balaban J connectivity index is 2.40. The number of hydrogen-bond donors (Lipinski definition) is 1. The molecule has 0 aromatic carbocycles. The molecule has 1 aromatic heterocycles. The number of hydrogen-bond acceptors (Lipinski definition) is 3. The Kier molecular flexibility index (Phi) is 3.19. The SMILES string of the molecule is CCc1nn(C)cc1C1C(N)CC(=O)N1CC. The van der Waals surface area contributed by atoms with Crippen molar-refractivity contribution < 1.29 is 4.79 Å². The number of likely N-dealkylation sites (N-methyl/N-ethyl adjacent to an activating group) is 1. The maximum absolute atomic E-state index is 11.8. The highest BCUT2D eigenvalue weighted by Crippen LogP contribution is 2.33. The molecule has 17 heavy (non-hydrogen) atoms. The van der Waals surface area contributed by atoms with Gasteiger partial charge in [0.15, 0.2) is 0 Å². The minimum atomic E-state index is -0.114. The fourth-order valence-corrected chi connectivity index (χ4v) is 2.66. The fourth-order valence-electron chi connectivity index (χ4n) is 2.66. The molecule has 0 spiro atoms. The van der Waals surface area contributed by atoms with Crippen molar-refractivity contribution in [2.24, 2.45) is 12.8 Å². The van der Waals surface area contributed by atoms with Gasteiger partial charge in [-0.2, -0.15) is 5.10 Å². The molecule has 0 saturated carbocycles. The van der Waals surface area contributed by atoms with E-state index in [1.807, 2.05) is 25.1 Å². The highest BCUT2D eigenvalue weighted by molar-refractivity contribution is 5.80. The van der Waals surface area contributed by atoms with Crippen molar-refractivity contribution in [1.82, 2.24) is 14.7 Å². The Morgan fingerprint density at radius 1 is 1.53 bits per heavy atom. The maximum atomic E-state index is 11.8. The monoisotopic (exact) mass is 236 g/mol. The summed E-state index contributed by atoms with van der Waals surface area (Å²) in [5, 5.41) is 4.43. The minimum Gasteiger partial charge on any atom is -0.334 e. The normalized spacial score (nSPS) is 24.7. The number of likely N-dealkylation sites (tertiary alicyclic amines) is 1. The quantitative estimate of drug-likeness (QED) is 0.836. The van der Waals surface area contributed by atoms with Gasteiger partial charge in [-0.25, -0.2) is 0 Å². The van der Waals surface area contributed by atoms with Crippen molar-refractivity contribution in [2.45, 2.75) is 38.8 Å². The first kappa shape index (κ1) is 12.1. The Morgan fingerprint density at radius 3 is 2.82 bits per heavy atom. The highest BCUT2D eigenvalue weighted by atomic mass is 16.2. The molecule has 2 heterocycles. The van der Waals surface area contributed by atoms with Crippen molar-refractivity contribution in [1.29, 1.82) is 0 Å². The molecule has 94 valence electrons. The molecule has 2 unspecified atom stereocenters. The fraction of sp³-hybridized carbons (Fsp3) is 0.667. The highest BCUT2D eigenvalue weighted by Gasteiger charge is 2.39. The van der Waals surface area contributed by atoms with E-state index in [1.165, 1.54) is 0 Å². The largest absolute Gasteiger partial charge is 0.334 e. The van der Waals surface area contributed by atoms with Crippen LogP contribution in [0.15, 0.2) is 6.20 Å². The van der Waals surface area contributed by atoms with Gasteiger partial charge in [-0.1, -0.05) is 6.92 Å². The number of nitrogens with two attached hydrogens (primary N) is 1. The van der Waals surface area contributed by atoms with Crippen LogP contribution in [-0.4, -0.2) is 33.2 Å². The third kappa shape index (κ3) is 1.95. The van der Waals surface area contributed by atoms with E-state index in [9.17, 15) is 4.79 Å². The molecule has 5 heteroatoms. The lowest BCUT2D eigenvalue weighted by Crippen LogP contribution is -2.33. The molecule has 5 nitrogen and oxygen atoms in total. The van der Waals surface area contributed by atoms with Gasteiger partial charge < -0.3 is 10.6 Å². The first-order valence-electron chi connectivity index (χ1n) is 6.15. The Labute approximate surface area is 102 Å². The molecule has 1 aliphatic heterocycles. The number of nitrogens with zero attached hydrogens (tertiary/aromatic N) is 3. The summed E-state index contributed by atoms with van der Waals surface area (Å²) in [5.41, 5.74) is 8.25. The molecule has 1 amide bonds. The number of carbonyl (C=O) groups excluding carboxylic acids is 1. The van der Waals surface area contributed by atoms with E-state index in [2.05, 4.69) is 12.0 Å². The van der Waals surface area contributed by atoms with Crippen LogP contribution in [0.1, 0.15) is 37.6 Å². The molecule has 2 rings (SSSR count). The van der Waals surface area contributed by atoms with E-state index in [0.717, 1.165) is 17.7 Å². The summed E-state index contributed by atoms with van der Waals surface area (Å²) in [7, 11) is 1.90. The molecule has 0 aliphatic carbocycles. The Bertz CT molecular complexity index is 426. The van der Waals surface area contributed by atoms with Gasteiger partial charge in [0, 0.05) is 37.8 Å². The number of rotatable bonds is 3. The van der Waals surface area contributed by atoms with Crippen LogP contribution < -0.4 is 5.73 Å². The topological polar surface area (TPSA) is 64.2 Å².